The number of nitrogens with zero attached hydrogens (tertiary/aromatic N) is 1. The summed E-state index contributed by atoms with van der Waals surface area (Å²) >= 11 is 0. The number of aldehydes is 1. The van der Waals surface area contributed by atoms with Gasteiger partial charge in [-0.25, -0.2) is 4.79 Å². The molecule has 0 bridgehead atoms. The van der Waals surface area contributed by atoms with E-state index in [9.17, 15) is 14.7 Å². The molecule has 2 atom stereocenters. The van der Waals surface area contributed by atoms with Crippen LogP contribution >= 0.6 is 0 Å². The van der Waals surface area contributed by atoms with Gasteiger partial charge in [0.2, 0.25) is 0 Å². The number of carbonyl (C=O) groups is 2. The van der Waals surface area contributed by atoms with Gasteiger partial charge in [-0.15, -0.1) is 0 Å². The third-order valence-corrected chi connectivity index (χ3v) is 2.64. The van der Waals surface area contributed by atoms with E-state index in [1.807, 2.05) is 0 Å². The van der Waals surface area contributed by atoms with Crippen molar-refractivity contribution in [3.8, 4) is 0 Å². The van der Waals surface area contributed by atoms with Gasteiger partial charge in [0.15, 0.2) is 6.29 Å². The highest BCUT2D eigenvalue weighted by molar-refractivity contribution is 5.71. The normalized spacial score (nSPS) is 24.8. The van der Waals surface area contributed by atoms with Gasteiger partial charge in [-0.1, -0.05) is 0 Å². The molecule has 0 radical (unpaired) electrons. The molecule has 1 rings (SSSR count). The highest BCUT2D eigenvalue weighted by Crippen LogP contribution is 2.30. The predicted octanol–water partition coefficient (Wildman–Crippen LogP) is 0.918. The number of aliphatic hydroxyl groups is 1. The average Bonchev–Trinajstić information content (AvgIpc) is 2.50. The molecule has 0 aromatic heterocycles. The maximum Gasteiger partial charge on any atom is 0.413 e. The fourth-order valence-corrected chi connectivity index (χ4v) is 1.84. The Morgan fingerprint density at radius 3 is 2.56 bits per heavy atom. The van der Waals surface area contributed by atoms with Gasteiger partial charge in [-0.2, -0.15) is 0 Å². The Balaban J connectivity index is 2.92. The van der Waals surface area contributed by atoms with Crippen molar-refractivity contribution in [1.29, 1.82) is 0 Å². The topological polar surface area (TPSA) is 76.1 Å². The molecule has 0 aliphatic carbocycles. The van der Waals surface area contributed by atoms with Gasteiger partial charge in [0, 0.05) is 0 Å². The lowest BCUT2D eigenvalue weighted by molar-refractivity contribution is -0.118. The molecule has 0 aromatic rings. The number of carbonyl (C=O) groups excluding carboxylic acids is 2. The minimum Gasteiger partial charge on any atom is -0.444 e. The Morgan fingerprint density at radius 2 is 2.11 bits per heavy atom. The first-order chi connectivity index (χ1) is 8.08. The van der Waals surface area contributed by atoms with Crippen LogP contribution in [-0.2, 0) is 14.3 Å². The van der Waals surface area contributed by atoms with Gasteiger partial charge in [0.1, 0.15) is 17.4 Å². The zero-order chi connectivity index (χ0) is 14.1. The summed E-state index contributed by atoms with van der Waals surface area (Å²) < 4.78 is 10.7. The van der Waals surface area contributed by atoms with E-state index >= 15 is 0 Å². The van der Waals surface area contributed by atoms with Crippen LogP contribution in [0.25, 0.3) is 0 Å². The quantitative estimate of drug-likeness (QED) is 0.746. The van der Waals surface area contributed by atoms with Crippen molar-refractivity contribution in [3.63, 3.8) is 0 Å². The average molecular weight is 259 g/mol. The van der Waals surface area contributed by atoms with Crippen LogP contribution in [-0.4, -0.2) is 52.5 Å². The summed E-state index contributed by atoms with van der Waals surface area (Å²) in [4.78, 5) is 24.1. The molecular formula is C12H21NO5. The second-order valence-electron chi connectivity index (χ2n) is 5.80. The highest BCUT2D eigenvalue weighted by Gasteiger charge is 2.48. The van der Waals surface area contributed by atoms with Crippen LogP contribution in [0.15, 0.2) is 0 Å². The zero-order valence-corrected chi connectivity index (χ0v) is 11.5. The summed E-state index contributed by atoms with van der Waals surface area (Å²) in [6.45, 7) is 8.73. The van der Waals surface area contributed by atoms with Gasteiger partial charge in [-0.05, 0) is 34.6 Å². The van der Waals surface area contributed by atoms with Gasteiger partial charge in [0.05, 0.1) is 12.6 Å². The number of ether oxygens (including phenoxy) is 2. The molecule has 1 heterocycles. The molecule has 18 heavy (non-hydrogen) atoms. The molecule has 1 fully saturated rings. The molecule has 1 aliphatic rings. The number of hydrogen-bond acceptors (Lipinski definition) is 5. The second kappa shape index (κ2) is 4.85. The van der Waals surface area contributed by atoms with E-state index in [0.717, 1.165) is 0 Å². The SMILES string of the molecule is CC(C)(C)OC(=O)N1C(C(O)C=O)COC1(C)C. The molecule has 104 valence electrons. The third-order valence-electron chi connectivity index (χ3n) is 2.64. The number of aliphatic hydroxyl groups excluding tert-OH is 1. The molecular weight excluding hydrogens is 238 g/mol. The van der Waals surface area contributed by atoms with Crippen LogP contribution in [0, 0.1) is 0 Å². The third kappa shape index (κ3) is 3.20. The summed E-state index contributed by atoms with van der Waals surface area (Å²) in [5, 5.41) is 9.61. The summed E-state index contributed by atoms with van der Waals surface area (Å²) in [6.07, 6.45) is -1.48. The first-order valence-electron chi connectivity index (χ1n) is 5.88. The van der Waals surface area contributed by atoms with Gasteiger partial charge >= 0.3 is 6.09 Å². The Hall–Kier alpha value is -1.14. The Bertz CT molecular complexity index is 334. The standard InChI is InChI=1S/C12H21NO5/c1-11(2,3)18-10(16)13-8(9(15)6-14)7-17-12(13,4)5/h6,8-9,15H,7H2,1-5H3. The molecule has 6 heteroatoms. The first-order valence-corrected chi connectivity index (χ1v) is 5.88. The van der Waals surface area contributed by atoms with E-state index in [1.165, 1.54) is 4.90 Å². The summed E-state index contributed by atoms with van der Waals surface area (Å²) in [7, 11) is 0. The van der Waals surface area contributed by atoms with E-state index in [1.54, 1.807) is 34.6 Å². The van der Waals surface area contributed by atoms with Gasteiger partial charge < -0.3 is 19.4 Å². The number of rotatable bonds is 2. The van der Waals surface area contributed by atoms with Crippen LogP contribution in [0.2, 0.25) is 0 Å². The maximum atomic E-state index is 12.1. The lowest BCUT2D eigenvalue weighted by Gasteiger charge is -2.35. The molecule has 1 saturated heterocycles. The van der Waals surface area contributed by atoms with E-state index in [2.05, 4.69) is 0 Å². The summed E-state index contributed by atoms with van der Waals surface area (Å²) in [5.74, 6) is 0. The van der Waals surface area contributed by atoms with Crippen molar-refractivity contribution in [1.82, 2.24) is 4.90 Å². The maximum absolute atomic E-state index is 12.1. The van der Waals surface area contributed by atoms with Crippen LogP contribution in [0.1, 0.15) is 34.6 Å². The highest BCUT2D eigenvalue weighted by atomic mass is 16.6. The fraction of sp³-hybridized carbons (Fsp3) is 0.833. The molecule has 0 spiro atoms. The van der Waals surface area contributed by atoms with Crippen LogP contribution < -0.4 is 0 Å². The molecule has 2 unspecified atom stereocenters. The molecule has 0 aromatic carbocycles. The Morgan fingerprint density at radius 1 is 1.56 bits per heavy atom. The molecule has 0 saturated carbocycles. The molecule has 6 nitrogen and oxygen atoms in total. The van der Waals surface area contributed by atoms with E-state index < -0.39 is 29.6 Å². The van der Waals surface area contributed by atoms with Crippen molar-refractivity contribution in [3.05, 3.63) is 0 Å². The lowest BCUT2D eigenvalue weighted by Crippen LogP contribution is -2.53. The minimum atomic E-state index is -1.28. The van der Waals surface area contributed by atoms with E-state index in [0.29, 0.717) is 6.29 Å². The van der Waals surface area contributed by atoms with Gasteiger partial charge in [-0.3, -0.25) is 4.90 Å². The van der Waals surface area contributed by atoms with Crippen molar-refractivity contribution in [2.24, 2.45) is 0 Å². The van der Waals surface area contributed by atoms with Crippen molar-refractivity contribution >= 4 is 12.4 Å². The smallest absolute Gasteiger partial charge is 0.413 e. The monoisotopic (exact) mass is 259 g/mol. The van der Waals surface area contributed by atoms with Crippen molar-refractivity contribution < 1.29 is 24.2 Å². The second-order valence-corrected chi connectivity index (χ2v) is 5.80. The summed E-state index contributed by atoms with van der Waals surface area (Å²) in [6, 6.07) is -0.715. The Labute approximate surface area is 107 Å². The minimum absolute atomic E-state index is 0.103. The predicted molar refractivity (Wildman–Crippen MR) is 64.0 cm³/mol. The van der Waals surface area contributed by atoms with E-state index in [-0.39, 0.29) is 6.61 Å². The lowest BCUT2D eigenvalue weighted by atomic mass is 10.1. The first kappa shape index (κ1) is 14.9. The van der Waals surface area contributed by atoms with Crippen molar-refractivity contribution in [2.75, 3.05) is 6.61 Å². The fourth-order valence-electron chi connectivity index (χ4n) is 1.84. The summed E-state index contributed by atoms with van der Waals surface area (Å²) in [5.41, 5.74) is -1.55. The van der Waals surface area contributed by atoms with E-state index in [4.69, 9.17) is 9.47 Å². The molecule has 1 N–H and O–H groups in total. The number of amides is 1. The molecule has 1 aliphatic heterocycles. The van der Waals surface area contributed by atoms with Crippen molar-refractivity contribution in [2.45, 2.75) is 58.1 Å². The van der Waals surface area contributed by atoms with Gasteiger partial charge in [0.25, 0.3) is 0 Å². The van der Waals surface area contributed by atoms with Crippen LogP contribution in [0.3, 0.4) is 0 Å². The van der Waals surface area contributed by atoms with Crippen LogP contribution in [0.4, 0.5) is 4.79 Å². The molecule has 1 amide bonds. The Kier molecular flexibility index (Phi) is 4.02. The van der Waals surface area contributed by atoms with Crippen LogP contribution in [0.5, 0.6) is 0 Å². The number of hydrogen-bond donors (Lipinski definition) is 1. The zero-order valence-electron chi connectivity index (χ0n) is 11.5. The largest absolute Gasteiger partial charge is 0.444 e.